The van der Waals surface area contributed by atoms with Gasteiger partial charge in [-0.2, -0.15) is 0 Å². The number of hydrogen-bond donors (Lipinski definition) is 1. The maximum Gasteiger partial charge on any atom is 0.312 e. The number of hydrogen-bond acceptors (Lipinski definition) is 3. The Kier molecular flexibility index (Phi) is 6.12. The fourth-order valence-corrected chi connectivity index (χ4v) is 2.43. The SMILES string of the molecule is CC(C)NC(=O)C(=O)N1CCN(C(=O)/C=C/c2ccccc2)CC1. The van der Waals surface area contributed by atoms with Gasteiger partial charge < -0.3 is 15.1 Å². The molecule has 1 aliphatic rings. The van der Waals surface area contributed by atoms with Gasteiger partial charge in [0, 0.05) is 38.3 Å². The van der Waals surface area contributed by atoms with Crippen LogP contribution in [0.15, 0.2) is 36.4 Å². The number of carbonyl (C=O) groups is 3. The van der Waals surface area contributed by atoms with E-state index < -0.39 is 11.8 Å². The van der Waals surface area contributed by atoms with E-state index in [2.05, 4.69) is 5.32 Å². The van der Waals surface area contributed by atoms with Crippen molar-refractivity contribution in [3.63, 3.8) is 0 Å². The van der Waals surface area contributed by atoms with Crippen molar-refractivity contribution < 1.29 is 14.4 Å². The van der Waals surface area contributed by atoms with Crippen LogP contribution in [-0.2, 0) is 14.4 Å². The molecule has 6 heteroatoms. The molecule has 1 N–H and O–H groups in total. The van der Waals surface area contributed by atoms with E-state index in [0.717, 1.165) is 5.56 Å². The van der Waals surface area contributed by atoms with Crippen molar-refractivity contribution in [1.29, 1.82) is 0 Å². The van der Waals surface area contributed by atoms with E-state index in [1.807, 2.05) is 30.3 Å². The van der Waals surface area contributed by atoms with Crippen LogP contribution in [-0.4, -0.2) is 59.7 Å². The maximum atomic E-state index is 12.2. The number of piperazine rings is 1. The molecule has 1 aromatic carbocycles. The molecule has 0 spiro atoms. The van der Waals surface area contributed by atoms with Crippen molar-refractivity contribution in [2.45, 2.75) is 19.9 Å². The number of amides is 3. The Balaban J connectivity index is 1.84. The lowest BCUT2D eigenvalue weighted by Crippen LogP contribution is -2.54. The molecule has 0 aliphatic carbocycles. The van der Waals surface area contributed by atoms with Crippen LogP contribution in [0.4, 0.5) is 0 Å². The molecular formula is C18H23N3O3. The third kappa shape index (κ3) is 4.94. The summed E-state index contributed by atoms with van der Waals surface area (Å²) in [7, 11) is 0. The normalized spacial score (nSPS) is 15.0. The largest absolute Gasteiger partial charge is 0.346 e. The van der Waals surface area contributed by atoms with Crippen LogP contribution < -0.4 is 5.32 Å². The fraction of sp³-hybridized carbons (Fsp3) is 0.389. The predicted octanol–water partition coefficient (Wildman–Crippen LogP) is 0.895. The van der Waals surface area contributed by atoms with E-state index in [0.29, 0.717) is 26.2 Å². The van der Waals surface area contributed by atoms with Gasteiger partial charge in [0.2, 0.25) is 5.91 Å². The van der Waals surface area contributed by atoms with Crippen molar-refractivity contribution in [3.05, 3.63) is 42.0 Å². The molecule has 0 unspecified atom stereocenters. The van der Waals surface area contributed by atoms with E-state index in [1.54, 1.807) is 24.8 Å². The molecule has 1 aromatic rings. The number of carbonyl (C=O) groups excluding carboxylic acids is 3. The first kappa shape index (κ1) is 17.7. The maximum absolute atomic E-state index is 12.2. The lowest BCUT2D eigenvalue weighted by molar-refractivity contribution is -0.148. The Bertz CT molecular complexity index is 618. The molecule has 0 atom stereocenters. The quantitative estimate of drug-likeness (QED) is 0.661. The first-order valence-corrected chi connectivity index (χ1v) is 8.09. The number of rotatable bonds is 3. The third-order valence-electron chi connectivity index (χ3n) is 3.71. The molecule has 0 bridgehead atoms. The lowest BCUT2D eigenvalue weighted by atomic mass is 10.2. The highest BCUT2D eigenvalue weighted by molar-refractivity contribution is 6.35. The number of nitrogens with one attached hydrogen (secondary N) is 1. The highest BCUT2D eigenvalue weighted by atomic mass is 16.2. The zero-order valence-corrected chi connectivity index (χ0v) is 14.1. The summed E-state index contributed by atoms with van der Waals surface area (Å²) < 4.78 is 0. The van der Waals surface area contributed by atoms with E-state index in [1.165, 1.54) is 11.0 Å². The van der Waals surface area contributed by atoms with Crippen LogP contribution in [0.3, 0.4) is 0 Å². The molecule has 24 heavy (non-hydrogen) atoms. The minimum atomic E-state index is -0.589. The molecule has 0 aromatic heterocycles. The molecular weight excluding hydrogens is 306 g/mol. The van der Waals surface area contributed by atoms with E-state index in [-0.39, 0.29) is 11.9 Å². The second kappa shape index (κ2) is 8.29. The van der Waals surface area contributed by atoms with Crippen LogP contribution in [0.1, 0.15) is 19.4 Å². The second-order valence-corrected chi connectivity index (χ2v) is 5.99. The van der Waals surface area contributed by atoms with Crippen molar-refractivity contribution in [1.82, 2.24) is 15.1 Å². The van der Waals surface area contributed by atoms with Crippen LogP contribution in [0, 0.1) is 0 Å². The van der Waals surface area contributed by atoms with Crippen molar-refractivity contribution in [2.24, 2.45) is 0 Å². The summed E-state index contributed by atoms with van der Waals surface area (Å²) in [6.45, 7) is 5.21. The van der Waals surface area contributed by atoms with Gasteiger partial charge >= 0.3 is 11.8 Å². The van der Waals surface area contributed by atoms with Crippen LogP contribution >= 0.6 is 0 Å². The molecule has 1 aliphatic heterocycles. The summed E-state index contributed by atoms with van der Waals surface area (Å²) >= 11 is 0. The summed E-state index contributed by atoms with van der Waals surface area (Å²) in [5, 5.41) is 2.59. The Morgan fingerprint density at radius 2 is 1.58 bits per heavy atom. The van der Waals surface area contributed by atoms with Gasteiger partial charge in [-0.15, -0.1) is 0 Å². The minimum Gasteiger partial charge on any atom is -0.346 e. The Morgan fingerprint density at radius 1 is 1.00 bits per heavy atom. The van der Waals surface area contributed by atoms with Crippen molar-refractivity contribution >= 4 is 23.8 Å². The molecule has 0 radical (unpaired) electrons. The summed E-state index contributed by atoms with van der Waals surface area (Å²) in [5.74, 6) is -1.21. The zero-order chi connectivity index (χ0) is 17.5. The molecule has 3 amide bonds. The van der Waals surface area contributed by atoms with Crippen molar-refractivity contribution in [2.75, 3.05) is 26.2 Å². The monoisotopic (exact) mass is 329 g/mol. The van der Waals surface area contributed by atoms with Gasteiger partial charge in [-0.1, -0.05) is 30.3 Å². The lowest BCUT2D eigenvalue weighted by Gasteiger charge is -2.33. The van der Waals surface area contributed by atoms with Crippen LogP contribution in [0.5, 0.6) is 0 Å². The first-order chi connectivity index (χ1) is 11.5. The highest BCUT2D eigenvalue weighted by Gasteiger charge is 2.27. The Morgan fingerprint density at radius 3 is 2.17 bits per heavy atom. The smallest absolute Gasteiger partial charge is 0.312 e. The molecule has 1 heterocycles. The van der Waals surface area contributed by atoms with Gasteiger partial charge in [-0.3, -0.25) is 14.4 Å². The van der Waals surface area contributed by atoms with E-state index >= 15 is 0 Å². The number of nitrogens with zero attached hydrogens (tertiary/aromatic N) is 2. The summed E-state index contributed by atoms with van der Waals surface area (Å²) in [5.41, 5.74) is 0.963. The fourth-order valence-electron chi connectivity index (χ4n) is 2.43. The minimum absolute atomic E-state index is 0.0764. The second-order valence-electron chi connectivity index (χ2n) is 5.99. The average molecular weight is 329 g/mol. The van der Waals surface area contributed by atoms with Gasteiger partial charge in [-0.25, -0.2) is 0 Å². The predicted molar refractivity (Wildman–Crippen MR) is 91.9 cm³/mol. The van der Waals surface area contributed by atoms with Gasteiger partial charge in [0.25, 0.3) is 0 Å². The van der Waals surface area contributed by atoms with Crippen LogP contribution in [0.25, 0.3) is 6.08 Å². The van der Waals surface area contributed by atoms with E-state index in [4.69, 9.17) is 0 Å². The highest BCUT2D eigenvalue weighted by Crippen LogP contribution is 2.06. The molecule has 1 saturated heterocycles. The first-order valence-electron chi connectivity index (χ1n) is 8.09. The van der Waals surface area contributed by atoms with Gasteiger partial charge in [0.15, 0.2) is 0 Å². The topological polar surface area (TPSA) is 69.7 Å². The van der Waals surface area contributed by atoms with Crippen molar-refractivity contribution in [3.8, 4) is 0 Å². The number of benzene rings is 1. The van der Waals surface area contributed by atoms with Crippen LogP contribution in [0.2, 0.25) is 0 Å². The zero-order valence-electron chi connectivity index (χ0n) is 14.1. The Labute approximate surface area is 142 Å². The summed E-state index contributed by atoms with van der Waals surface area (Å²) in [6, 6.07) is 9.52. The molecule has 2 rings (SSSR count). The van der Waals surface area contributed by atoms with E-state index in [9.17, 15) is 14.4 Å². The molecule has 1 fully saturated rings. The molecule has 0 saturated carbocycles. The average Bonchev–Trinajstić information content (AvgIpc) is 2.59. The van der Waals surface area contributed by atoms with Gasteiger partial charge in [0.1, 0.15) is 0 Å². The summed E-state index contributed by atoms with van der Waals surface area (Å²) in [6.07, 6.45) is 3.31. The Hall–Kier alpha value is -2.63. The van der Waals surface area contributed by atoms with Gasteiger partial charge in [-0.05, 0) is 25.5 Å². The summed E-state index contributed by atoms with van der Waals surface area (Å²) in [4.78, 5) is 39.1. The molecule has 128 valence electrons. The third-order valence-corrected chi connectivity index (χ3v) is 3.71. The molecule has 6 nitrogen and oxygen atoms in total. The standard InChI is InChI=1S/C18H23N3O3/c1-14(2)19-17(23)18(24)21-12-10-20(11-13-21)16(22)9-8-15-6-4-3-5-7-15/h3-9,14H,10-13H2,1-2H3,(H,19,23)/b9-8+. The van der Waals surface area contributed by atoms with Gasteiger partial charge in [0.05, 0.1) is 0 Å².